The SMILES string of the molecule is CC(C(=O)c1cccc(Cl)c1)N(C(=O)OCOC(=O)CCC(=O)OCCCCOC(=O)c1cc(S(N)(=O)=O)c(Cl)cc1NCc1ccco1)C(C)(C)C. The number of hydrogen-bond donors (Lipinski definition) is 2. The van der Waals surface area contributed by atoms with E-state index in [4.69, 9.17) is 51.7 Å². The van der Waals surface area contributed by atoms with E-state index in [9.17, 15) is 32.4 Å². The molecule has 0 saturated carbocycles. The number of nitrogens with zero attached hydrogens (tertiary/aromatic N) is 1. The van der Waals surface area contributed by atoms with Gasteiger partial charge in [0, 0.05) is 16.1 Å². The number of unbranched alkanes of at least 4 members (excludes halogenated alkanes) is 1. The van der Waals surface area contributed by atoms with Crippen LogP contribution in [0.2, 0.25) is 10.0 Å². The first kappa shape index (κ1) is 42.8. The van der Waals surface area contributed by atoms with Crippen LogP contribution in [-0.4, -0.2) is 74.7 Å². The zero-order valence-corrected chi connectivity index (χ0v) is 31.8. The van der Waals surface area contributed by atoms with E-state index in [-0.39, 0.29) is 61.1 Å². The molecule has 0 aliphatic heterocycles. The molecular formula is C35H41Cl2N3O12S. The van der Waals surface area contributed by atoms with E-state index in [2.05, 4.69) is 5.32 Å². The molecule has 0 spiro atoms. The van der Waals surface area contributed by atoms with Crippen molar-refractivity contribution in [2.75, 3.05) is 25.3 Å². The van der Waals surface area contributed by atoms with E-state index in [1.165, 1.54) is 23.3 Å². The number of halogens is 2. The number of rotatable bonds is 18. The molecule has 288 valence electrons. The second-order valence-electron chi connectivity index (χ2n) is 12.5. The van der Waals surface area contributed by atoms with Crippen LogP contribution in [0.25, 0.3) is 0 Å². The van der Waals surface area contributed by atoms with Crippen LogP contribution >= 0.6 is 23.2 Å². The number of hydrogen-bond acceptors (Lipinski definition) is 13. The molecule has 0 bridgehead atoms. The molecule has 0 fully saturated rings. The number of primary sulfonamides is 1. The lowest BCUT2D eigenvalue weighted by Crippen LogP contribution is -2.53. The van der Waals surface area contributed by atoms with Crippen LogP contribution in [0, 0.1) is 0 Å². The number of furan rings is 1. The number of benzene rings is 2. The topological polar surface area (TPSA) is 211 Å². The molecule has 3 rings (SSSR count). The Morgan fingerprint density at radius 1 is 0.906 bits per heavy atom. The highest BCUT2D eigenvalue weighted by Gasteiger charge is 2.36. The van der Waals surface area contributed by atoms with Crippen molar-refractivity contribution in [3.63, 3.8) is 0 Å². The maximum Gasteiger partial charge on any atom is 0.413 e. The molecule has 1 heterocycles. The Hall–Kier alpha value is -4.64. The zero-order valence-electron chi connectivity index (χ0n) is 29.5. The van der Waals surface area contributed by atoms with Gasteiger partial charge in [-0.2, -0.15) is 0 Å². The molecule has 1 aromatic heterocycles. The number of ether oxygens (including phenoxy) is 4. The van der Waals surface area contributed by atoms with Crippen LogP contribution in [0.3, 0.4) is 0 Å². The number of carbonyl (C=O) groups excluding carboxylic acids is 5. The number of anilines is 1. The highest BCUT2D eigenvalue weighted by Crippen LogP contribution is 2.29. The van der Waals surface area contributed by atoms with Crippen LogP contribution in [0.1, 0.15) is 79.9 Å². The second-order valence-corrected chi connectivity index (χ2v) is 14.9. The van der Waals surface area contributed by atoms with Gasteiger partial charge in [-0.1, -0.05) is 35.3 Å². The fourth-order valence-electron chi connectivity index (χ4n) is 4.89. The Morgan fingerprint density at radius 2 is 1.57 bits per heavy atom. The highest BCUT2D eigenvalue weighted by molar-refractivity contribution is 7.89. The number of sulfonamides is 1. The predicted molar refractivity (Wildman–Crippen MR) is 193 cm³/mol. The summed E-state index contributed by atoms with van der Waals surface area (Å²) in [5.41, 5.74) is -0.450. The smallest absolute Gasteiger partial charge is 0.413 e. The molecule has 2 aromatic carbocycles. The Bertz CT molecular complexity index is 1880. The minimum absolute atomic E-state index is 0.0375. The number of esters is 3. The fourth-order valence-corrected chi connectivity index (χ4v) is 6.18. The fraction of sp³-hybridized carbons (Fsp3) is 0.400. The van der Waals surface area contributed by atoms with Crippen LogP contribution in [-0.2, 0) is 45.1 Å². The van der Waals surface area contributed by atoms with Crippen LogP contribution < -0.4 is 10.5 Å². The van der Waals surface area contributed by atoms with Crippen molar-refractivity contribution in [3.8, 4) is 0 Å². The van der Waals surface area contributed by atoms with Gasteiger partial charge in [-0.05, 0) is 76.9 Å². The number of ketones is 1. The number of nitrogens with one attached hydrogen (secondary N) is 1. The van der Waals surface area contributed by atoms with Gasteiger partial charge in [0.1, 0.15) is 10.7 Å². The van der Waals surface area contributed by atoms with Crippen molar-refractivity contribution in [3.05, 3.63) is 81.7 Å². The second kappa shape index (κ2) is 19.4. The average molecular weight is 799 g/mol. The van der Waals surface area contributed by atoms with Crippen molar-refractivity contribution >= 4 is 68.7 Å². The van der Waals surface area contributed by atoms with Gasteiger partial charge in [0.25, 0.3) is 0 Å². The number of Topliss-reactive ketones (excluding diaryl/α,β-unsaturated/α-hetero) is 1. The van der Waals surface area contributed by atoms with Gasteiger partial charge in [0.15, 0.2) is 5.78 Å². The molecule has 1 atom stereocenters. The van der Waals surface area contributed by atoms with Gasteiger partial charge < -0.3 is 28.7 Å². The van der Waals surface area contributed by atoms with Crippen molar-refractivity contribution in [2.24, 2.45) is 5.14 Å². The van der Waals surface area contributed by atoms with Gasteiger partial charge in [0.2, 0.25) is 16.8 Å². The third-order valence-electron chi connectivity index (χ3n) is 7.40. The van der Waals surface area contributed by atoms with Crippen molar-refractivity contribution < 1.29 is 55.8 Å². The first-order valence-corrected chi connectivity index (χ1v) is 18.6. The average Bonchev–Trinajstić information content (AvgIpc) is 3.60. The van der Waals surface area contributed by atoms with Gasteiger partial charge in [-0.15, -0.1) is 0 Å². The Labute approximate surface area is 317 Å². The molecule has 1 unspecified atom stereocenters. The quantitative estimate of drug-likeness (QED) is 0.0489. The van der Waals surface area contributed by atoms with Crippen LogP contribution in [0.4, 0.5) is 10.5 Å². The standard InChI is InChI=1S/C35H41Cl2N3O12S/c1-22(32(43)23-9-7-10-24(36)17-23)40(35(2,3)4)34(45)52-21-51-31(42)13-12-30(41)49-14-5-6-15-50-33(44)26-18-29(53(38,46)47)27(37)19-28(26)39-20-25-11-8-16-48-25/h7-11,16-19,22,39H,5-6,12-15,20-21H2,1-4H3,(H2,38,46,47). The lowest BCUT2D eigenvalue weighted by molar-refractivity contribution is -0.156. The third kappa shape index (κ3) is 13.4. The first-order chi connectivity index (χ1) is 24.9. The lowest BCUT2D eigenvalue weighted by Gasteiger charge is -2.38. The summed E-state index contributed by atoms with van der Waals surface area (Å²) in [4.78, 5) is 63.9. The summed E-state index contributed by atoms with van der Waals surface area (Å²) >= 11 is 12.1. The van der Waals surface area contributed by atoms with Gasteiger partial charge in [0.05, 0.1) is 61.2 Å². The summed E-state index contributed by atoms with van der Waals surface area (Å²) in [5, 5.41) is 8.37. The summed E-state index contributed by atoms with van der Waals surface area (Å²) in [6.07, 6.45) is 0.509. The van der Waals surface area contributed by atoms with E-state index in [1.807, 2.05) is 0 Å². The van der Waals surface area contributed by atoms with Crippen LogP contribution in [0.5, 0.6) is 0 Å². The van der Waals surface area contributed by atoms with Gasteiger partial charge >= 0.3 is 24.0 Å². The molecule has 15 nitrogen and oxygen atoms in total. The third-order valence-corrected chi connectivity index (χ3v) is 9.01. The van der Waals surface area contributed by atoms with E-state index in [1.54, 1.807) is 58.0 Å². The van der Waals surface area contributed by atoms with E-state index >= 15 is 0 Å². The molecule has 0 aliphatic rings. The number of carbonyl (C=O) groups is 5. The molecule has 0 saturated heterocycles. The highest BCUT2D eigenvalue weighted by atomic mass is 35.5. The lowest BCUT2D eigenvalue weighted by atomic mass is 9.98. The zero-order chi connectivity index (χ0) is 39.3. The minimum atomic E-state index is -4.24. The number of nitrogens with two attached hydrogens (primary N) is 1. The molecule has 0 radical (unpaired) electrons. The van der Waals surface area contributed by atoms with Gasteiger partial charge in [-0.3, -0.25) is 19.3 Å². The molecule has 3 N–H and O–H groups in total. The van der Waals surface area contributed by atoms with Crippen molar-refractivity contribution in [2.45, 2.75) is 76.4 Å². The Morgan fingerprint density at radius 3 is 2.17 bits per heavy atom. The Kier molecular flexibility index (Phi) is 15.7. The largest absolute Gasteiger partial charge is 0.467 e. The monoisotopic (exact) mass is 797 g/mol. The van der Waals surface area contributed by atoms with Crippen LogP contribution in [0.15, 0.2) is 64.1 Å². The predicted octanol–water partition coefficient (Wildman–Crippen LogP) is 6.12. The van der Waals surface area contributed by atoms with E-state index in [0.29, 0.717) is 22.8 Å². The Balaban J connectivity index is 1.38. The normalized spacial score (nSPS) is 12.0. The summed E-state index contributed by atoms with van der Waals surface area (Å²) in [5.74, 6) is -2.17. The molecule has 18 heteroatoms. The molecule has 0 aliphatic carbocycles. The maximum atomic E-state index is 13.1. The summed E-state index contributed by atoms with van der Waals surface area (Å²) in [6.45, 7) is 6.00. The summed E-state index contributed by atoms with van der Waals surface area (Å²) in [7, 11) is -4.24. The molecule has 1 amide bonds. The molecule has 3 aromatic rings. The molecular weight excluding hydrogens is 757 g/mol. The summed E-state index contributed by atoms with van der Waals surface area (Å²) in [6, 6.07) is 11.0. The van der Waals surface area contributed by atoms with E-state index < -0.39 is 57.3 Å². The summed E-state index contributed by atoms with van der Waals surface area (Å²) < 4.78 is 49.6. The first-order valence-electron chi connectivity index (χ1n) is 16.2. The van der Waals surface area contributed by atoms with Gasteiger partial charge in [-0.25, -0.2) is 23.1 Å². The van der Waals surface area contributed by atoms with Crippen molar-refractivity contribution in [1.29, 1.82) is 0 Å². The van der Waals surface area contributed by atoms with Crippen molar-refractivity contribution in [1.82, 2.24) is 4.90 Å². The van der Waals surface area contributed by atoms with E-state index in [0.717, 1.165) is 6.07 Å². The minimum Gasteiger partial charge on any atom is -0.467 e. The maximum absolute atomic E-state index is 13.1. The number of amides is 1. The molecule has 53 heavy (non-hydrogen) atoms.